The molecule has 6 heteroatoms. The lowest BCUT2D eigenvalue weighted by molar-refractivity contribution is 0.445. The summed E-state index contributed by atoms with van der Waals surface area (Å²) in [6.45, 7) is 2.57. The highest BCUT2D eigenvalue weighted by Gasteiger charge is 2.13. The van der Waals surface area contributed by atoms with Crippen LogP contribution in [0.5, 0.6) is 0 Å². The zero-order valence-electron chi connectivity index (χ0n) is 11.2. The maximum absolute atomic E-state index is 5.85. The van der Waals surface area contributed by atoms with E-state index >= 15 is 0 Å². The largest absolute Gasteiger partial charge is 0.444 e. The Hall–Kier alpha value is -1.88. The molecule has 104 valence electrons. The van der Waals surface area contributed by atoms with Gasteiger partial charge in [-0.05, 0) is 12.1 Å². The molecule has 0 aliphatic carbocycles. The third-order valence-electron chi connectivity index (χ3n) is 3.14. The van der Waals surface area contributed by atoms with Crippen molar-refractivity contribution in [2.24, 2.45) is 0 Å². The highest BCUT2D eigenvalue weighted by Crippen LogP contribution is 2.17. The van der Waals surface area contributed by atoms with Crippen molar-refractivity contribution in [3.05, 3.63) is 42.0 Å². The third kappa shape index (κ3) is 2.41. The van der Waals surface area contributed by atoms with Gasteiger partial charge in [0.15, 0.2) is 5.65 Å². The topological polar surface area (TPSA) is 56.7 Å². The monoisotopic (exact) mass is 290 g/mol. The van der Waals surface area contributed by atoms with Crippen molar-refractivity contribution in [3.63, 3.8) is 0 Å². The average Bonchev–Trinajstić information content (AvgIpc) is 3.05. The van der Waals surface area contributed by atoms with E-state index in [0.29, 0.717) is 24.7 Å². The molecule has 0 bridgehead atoms. The Morgan fingerprint density at radius 1 is 1.35 bits per heavy atom. The minimum atomic E-state index is 0.523. The van der Waals surface area contributed by atoms with E-state index in [0.717, 1.165) is 29.2 Å². The van der Waals surface area contributed by atoms with Crippen LogP contribution >= 0.6 is 11.6 Å². The number of oxazole rings is 1. The van der Waals surface area contributed by atoms with Crippen LogP contribution in [0.25, 0.3) is 11.2 Å². The Morgan fingerprint density at radius 3 is 3.00 bits per heavy atom. The van der Waals surface area contributed by atoms with Crippen LogP contribution in [0.4, 0.5) is 0 Å². The zero-order valence-corrected chi connectivity index (χ0v) is 12.0. The molecule has 0 aromatic carbocycles. The second-order valence-corrected chi connectivity index (χ2v) is 4.85. The van der Waals surface area contributed by atoms with E-state index in [2.05, 4.69) is 15.0 Å². The van der Waals surface area contributed by atoms with Crippen LogP contribution < -0.4 is 0 Å². The summed E-state index contributed by atoms with van der Waals surface area (Å²) in [7, 11) is 0. The number of fused-ring (bicyclic) bond motifs is 1. The first kappa shape index (κ1) is 13.1. The van der Waals surface area contributed by atoms with Crippen LogP contribution in [0.15, 0.2) is 28.9 Å². The van der Waals surface area contributed by atoms with Gasteiger partial charge >= 0.3 is 0 Å². The molecule has 0 atom stereocenters. The molecule has 3 rings (SSSR count). The number of hydrogen-bond acceptors (Lipinski definition) is 4. The van der Waals surface area contributed by atoms with E-state index < -0.39 is 0 Å². The SMILES string of the molecule is CCc1cnc(Cn2c(CCCl)nc3cccnc32)o1. The van der Waals surface area contributed by atoms with Gasteiger partial charge < -0.3 is 8.98 Å². The van der Waals surface area contributed by atoms with E-state index in [4.69, 9.17) is 16.0 Å². The molecule has 0 aliphatic rings. The summed E-state index contributed by atoms with van der Waals surface area (Å²) in [5.74, 6) is 2.98. The molecule has 0 amide bonds. The number of alkyl halides is 1. The highest BCUT2D eigenvalue weighted by atomic mass is 35.5. The first-order chi connectivity index (χ1) is 9.81. The van der Waals surface area contributed by atoms with Crippen molar-refractivity contribution < 1.29 is 4.42 Å². The average molecular weight is 291 g/mol. The van der Waals surface area contributed by atoms with Gasteiger partial charge in [0.05, 0.1) is 6.20 Å². The van der Waals surface area contributed by atoms with E-state index in [9.17, 15) is 0 Å². The lowest BCUT2D eigenvalue weighted by Gasteiger charge is -2.04. The van der Waals surface area contributed by atoms with Gasteiger partial charge in [0.1, 0.15) is 23.6 Å². The summed E-state index contributed by atoms with van der Waals surface area (Å²) < 4.78 is 7.68. The van der Waals surface area contributed by atoms with Gasteiger partial charge in [-0.1, -0.05) is 6.92 Å². The molecule has 0 fully saturated rings. The van der Waals surface area contributed by atoms with Crippen LogP contribution in [-0.2, 0) is 19.4 Å². The van der Waals surface area contributed by atoms with Crippen LogP contribution in [0.2, 0.25) is 0 Å². The third-order valence-corrected chi connectivity index (χ3v) is 3.33. The first-order valence-corrected chi connectivity index (χ1v) is 7.15. The maximum atomic E-state index is 5.85. The van der Waals surface area contributed by atoms with Crippen molar-refractivity contribution in [2.75, 3.05) is 5.88 Å². The van der Waals surface area contributed by atoms with Gasteiger partial charge in [-0.3, -0.25) is 0 Å². The number of nitrogens with zero attached hydrogens (tertiary/aromatic N) is 4. The standard InChI is InChI=1S/C14H15ClN4O/c1-2-10-8-17-13(20-10)9-19-12(5-6-15)18-11-4-3-7-16-14(11)19/h3-4,7-8H,2,5-6,9H2,1H3. The quantitative estimate of drug-likeness (QED) is 0.678. The van der Waals surface area contributed by atoms with E-state index in [1.807, 2.05) is 23.6 Å². The van der Waals surface area contributed by atoms with Crippen LogP contribution in [-0.4, -0.2) is 25.4 Å². The molecule has 20 heavy (non-hydrogen) atoms. The summed E-state index contributed by atoms with van der Waals surface area (Å²) in [4.78, 5) is 13.3. The number of hydrogen-bond donors (Lipinski definition) is 0. The molecule has 0 aliphatic heterocycles. The summed E-state index contributed by atoms with van der Waals surface area (Å²) in [6, 6.07) is 3.83. The smallest absolute Gasteiger partial charge is 0.214 e. The number of imidazole rings is 1. The number of halogens is 1. The lowest BCUT2D eigenvalue weighted by atomic mass is 10.4. The van der Waals surface area contributed by atoms with Crippen LogP contribution in [0.1, 0.15) is 24.4 Å². The number of pyridine rings is 1. The van der Waals surface area contributed by atoms with Crippen molar-refractivity contribution in [3.8, 4) is 0 Å². The Balaban J connectivity index is 2.01. The molecular formula is C14H15ClN4O. The molecule has 3 aromatic rings. The predicted molar refractivity (Wildman–Crippen MR) is 76.9 cm³/mol. The fourth-order valence-electron chi connectivity index (χ4n) is 2.17. The molecular weight excluding hydrogens is 276 g/mol. The molecule has 3 aromatic heterocycles. The van der Waals surface area contributed by atoms with Crippen molar-refractivity contribution in [1.82, 2.24) is 19.5 Å². The molecule has 0 saturated carbocycles. The van der Waals surface area contributed by atoms with Crippen molar-refractivity contribution in [1.29, 1.82) is 0 Å². The van der Waals surface area contributed by atoms with E-state index in [1.54, 1.807) is 12.4 Å². The van der Waals surface area contributed by atoms with Crippen LogP contribution in [0, 0.1) is 0 Å². The molecule has 0 radical (unpaired) electrons. The van der Waals surface area contributed by atoms with Crippen LogP contribution in [0.3, 0.4) is 0 Å². The second-order valence-electron chi connectivity index (χ2n) is 4.47. The number of rotatable bonds is 5. The fourth-order valence-corrected chi connectivity index (χ4v) is 2.34. The Bertz CT molecular complexity index is 719. The number of aromatic nitrogens is 4. The van der Waals surface area contributed by atoms with Crippen molar-refractivity contribution >= 4 is 22.8 Å². The van der Waals surface area contributed by atoms with Gasteiger partial charge in [-0.15, -0.1) is 11.6 Å². The van der Waals surface area contributed by atoms with Gasteiger partial charge in [-0.2, -0.15) is 0 Å². The zero-order chi connectivity index (χ0) is 13.9. The molecule has 0 unspecified atom stereocenters. The first-order valence-electron chi connectivity index (χ1n) is 6.61. The minimum Gasteiger partial charge on any atom is -0.444 e. The summed E-state index contributed by atoms with van der Waals surface area (Å²) >= 11 is 5.85. The highest BCUT2D eigenvalue weighted by molar-refractivity contribution is 6.17. The predicted octanol–water partition coefficient (Wildman–Crippen LogP) is 2.81. The van der Waals surface area contributed by atoms with Gasteiger partial charge in [0, 0.05) is 24.9 Å². The Labute approximate surface area is 121 Å². The Kier molecular flexibility index (Phi) is 3.69. The normalized spacial score (nSPS) is 11.3. The molecule has 0 spiro atoms. The van der Waals surface area contributed by atoms with Gasteiger partial charge in [-0.25, -0.2) is 15.0 Å². The minimum absolute atomic E-state index is 0.523. The van der Waals surface area contributed by atoms with E-state index in [-0.39, 0.29) is 0 Å². The van der Waals surface area contributed by atoms with Gasteiger partial charge in [0.25, 0.3) is 0 Å². The molecule has 0 N–H and O–H groups in total. The molecule has 0 saturated heterocycles. The second kappa shape index (κ2) is 5.63. The Morgan fingerprint density at radius 2 is 2.25 bits per heavy atom. The summed E-state index contributed by atoms with van der Waals surface area (Å²) in [5, 5.41) is 0. The molecule has 3 heterocycles. The maximum Gasteiger partial charge on any atom is 0.214 e. The fraction of sp³-hybridized carbons (Fsp3) is 0.357. The van der Waals surface area contributed by atoms with Crippen molar-refractivity contribution in [2.45, 2.75) is 26.3 Å². The summed E-state index contributed by atoms with van der Waals surface area (Å²) in [6.07, 6.45) is 5.06. The summed E-state index contributed by atoms with van der Waals surface area (Å²) in [5.41, 5.74) is 1.71. The lowest BCUT2D eigenvalue weighted by Crippen LogP contribution is -2.06. The molecule has 5 nitrogen and oxygen atoms in total. The number of aryl methyl sites for hydroxylation is 2. The van der Waals surface area contributed by atoms with E-state index in [1.165, 1.54) is 0 Å². The van der Waals surface area contributed by atoms with Gasteiger partial charge in [0.2, 0.25) is 5.89 Å².